The Hall–Kier alpha value is -0.0900. The molecule has 1 rings (SSSR count). The van der Waals surface area contributed by atoms with Crippen molar-refractivity contribution in [3.8, 4) is 0 Å². The average molecular weight is 361 g/mol. The number of nitrogens with zero attached hydrogens (tertiary/aromatic N) is 1. The van der Waals surface area contributed by atoms with Gasteiger partial charge in [0.1, 0.15) is 6.54 Å². The number of hydrogen-bond acceptors (Lipinski definition) is 0. The topological polar surface area (TPSA) is 0 Å². The second-order valence-corrected chi connectivity index (χ2v) is 5.16. The van der Waals surface area contributed by atoms with Gasteiger partial charge >= 0.3 is 0 Å². The lowest BCUT2D eigenvalue weighted by molar-refractivity contribution is -0.941. The third-order valence-corrected chi connectivity index (χ3v) is 3.45. The van der Waals surface area contributed by atoms with Gasteiger partial charge in [-0.1, -0.05) is 51.1 Å². The molecule has 0 aromatic heterocycles. The van der Waals surface area contributed by atoms with E-state index < -0.39 is 0 Å². The minimum atomic E-state index is 0. The van der Waals surface area contributed by atoms with Gasteiger partial charge in [0.2, 0.25) is 0 Å². The molecule has 0 bridgehead atoms. The summed E-state index contributed by atoms with van der Waals surface area (Å²) in [5.41, 5.74) is 1.49. The fraction of sp³-hybridized carbons (Fsp3) is 0.625. The Bertz CT molecular complexity index is 280. The van der Waals surface area contributed by atoms with Crippen LogP contribution in [0.3, 0.4) is 0 Å². The smallest absolute Gasteiger partial charge is 0.104 e. The SMILES string of the molecule is CCC[N+](CCC)(CCC)Cc1ccccc1.[I-]. The summed E-state index contributed by atoms with van der Waals surface area (Å²) < 4.78 is 1.27. The van der Waals surface area contributed by atoms with E-state index in [9.17, 15) is 0 Å². The van der Waals surface area contributed by atoms with Crippen molar-refractivity contribution in [2.75, 3.05) is 19.6 Å². The van der Waals surface area contributed by atoms with Crippen LogP contribution in [0.4, 0.5) is 0 Å². The van der Waals surface area contributed by atoms with Crippen molar-refractivity contribution < 1.29 is 28.5 Å². The lowest BCUT2D eigenvalue weighted by Crippen LogP contribution is -3.00. The summed E-state index contributed by atoms with van der Waals surface area (Å²) in [4.78, 5) is 0. The number of hydrogen-bond donors (Lipinski definition) is 0. The second-order valence-electron chi connectivity index (χ2n) is 5.16. The van der Waals surface area contributed by atoms with Crippen LogP contribution in [0.15, 0.2) is 30.3 Å². The highest BCUT2D eigenvalue weighted by Gasteiger charge is 2.24. The number of benzene rings is 1. The first kappa shape index (κ1) is 17.9. The van der Waals surface area contributed by atoms with Gasteiger partial charge in [-0.05, 0) is 19.3 Å². The third-order valence-electron chi connectivity index (χ3n) is 3.45. The molecule has 0 amide bonds. The minimum Gasteiger partial charge on any atom is -1.00 e. The molecule has 0 spiro atoms. The zero-order valence-corrected chi connectivity index (χ0v) is 14.3. The average Bonchev–Trinajstić information content (AvgIpc) is 2.31. The molecule has 0 N–H and O–H groups in total. The van der Waals surface area contributed by atoms with Crippen LogP contribution in [0.25, 0.3) is 0 Å². The highest BCUT2D eigenvalue weighted by Crippen LogP contribution is 2.17. The number of rotatable bonds is 8. The Morgan fingerprint density at radius 3 is 1.61 bits per heavy atom. The Balaban J connectivity index is 0.00000289. The monoisotopic (exact) mass is 361 g/mol. The van der Waals surface area contributed by atoms with E-state index >= 15 is 0 Å². The summed E-state index contributed by atoms with van der Waals surface area (Å²) in [6.45, 7) is 12.1. The largest absolute Gasteiger partial charge is 1.00 e. The van der Waals surface area contributed by atoms with Crippen molar-refractivity contribution in [2.45, 2.75) is 46.6 Å². The van der Waals surface area contributed by atoms with Gasteiger partial charge in [-0.3, -0.25) is 0 Å². The molecule has 0 heterocycles. The molecule has 0 saturated carbocycles. The first-order valence-electron chi connectivity index (χ1n) is 7.15. The Morgan fingerprint density at radius 2 is 1.22 bits per heavy atom. The van der Waals surface area contributed by atoms with Crippen LogP contribution in [0.2, 0.25) is 0 Å². The van der Waals surface area contributed by atoms with Gasteiger partial charge in [-0.2, -0.15) is 0 Å². The molecule has 0 aliphatic heterocycles. The van der Waals surface area contributed by atoms with E-state index in [4.69, 9.17) is 0 Å². The van der Waals surface area contributed by atoms with Crippen molar-refractivity contribution in [1.82, 2.24) is 0 Å². The quantitative estimate of drug-likeness (QED) is 0.483. The molecule has 0 fully saturated rings. The van der Waals surface area contributed by atoms with Crippen molar-refractivity contribution in [2.24, 2.45) is 0 Å². The highest BCUT2D eigenvalue weighted by atomic mass is 127. The van der Waals surface area contributed by atoms with Crippen LogP contribution < -0.4 is 24.0 Å². The Kier molecular flexibility index (Phi) is 9.74. The number of halogens is 1. The summed E-state index contributed by atoms with van der Waals surface area (Å²) >= 11 is 0. The molecule has 0 aliphatic rings. The molecule has 1 aromatic carbocycles. The maximum Gasteiger partial charge on any atom is 0.104 e. The summed E-state index contributed by atoms with van der Waals surface area (Å²) in [5, 5.41) is 0. The predicted molar refractivity (Wildman–Crippen MR) is 75.9 cm³/mol. The van der Waals surface area contributed by atoms with Gasteiger partial charge in [0.15, 0.2) is 0 Å². The van der Waals surface area contributed by atoms with E-state index in [2.05, 4.69) is 51.1 Å². The maximum atomic E-state index is 2.31. The lowest BCUT2D eigenvalue weighted by Gasteiger charge is -2.38. The van der Waals surface area contributed by atoms with Crippen molar-refractivity contribution in [1.29, 1.82) is 0 Å². The highest BCUT2D eigenvalue weighted by molar-refractivity contribution is 5.13. The first-order valence-corrected chi connectivity index (χ1v) is 7.15. The lowest BCUT2D eigenvalue weighted by atomic mass is 10.1. The van der Waals surface area contributed by atoms with Gasteiger partial charge in [0, 0.05) is 5.56 Å². The number of quaternary nitrogens is 1. The molecular weight excluding hydrogens is 333 g/mol. The summed E-state index contributed by atoms with van der Waals surface area (Å²) in [6, 6.07) is 11.0. The molecular formula is C16H28IN. The van der Waals surface area contributed by atoms with Crippen molar-refractivity contribution >= 4 is 0 Å². The van der Waals surface area contributed by atoms with Crippen LogP contribution in [0.5, 0.6) is 0 Å². The zero-order valence-electron chi connectivity index (χ0n) is 12.2. The van der Waals surface area contributed by atoms with Crippen LogP contribution in [0.1, 0.15) is 45.6 Å². The fourth-order valence-corrected chi connectivity index (χ4v) is 2.97. The van der Waals surface area contributed by atoms with E-state index in [1.807, 2.05) is 0 Å². The summed E-state index contributed by atoms with van der Waals surface area (Å²) in [7, 11) is 0. The third kappa shape index (κ3) is 5.70. The predicted octanol–water partition coefficient (Wildman–Crippen LogP) is 1.24. The molecule has 0 aliphatic carbocycles. The Morgan fingerprint density at radius 1 is 0.778 bits per heavy atom. The fourth-order valence-electron chi connectivity index (χ4n) is 2.97. The van der Waals surface area contributed by atoms with Crippen LogP contribution >= 0.6 is 0 Å². The van der Waals surface area contributed by atoms with E-state index in [1.165, 1.54) is 55.5 Å². The molecule has 104 valence electrons. The molecule has 0 atom stereocenters. The van der Waals surface area contributed by atoms with Crippen molar-refractivity contribution in [3.05, 3.63) is 35.9 Å². The van der Waals surface area contributed by atoms with Crippen LogP contribution in [0, 0.1) is 0 Å². The van der Waals surface area contributed by atoms with Gasteiger partial charge in [-0.25, -0.2) is 0 Å². The normalized spacial score (nSPS) is 11.1. The van der Waals surface area contributed by atoms with E-state index in [1.54, 1.807) is 0 Å². The maximum absolute atomic E-state index is 2.31. The molecule has 18 heavy (non-hydrogen) atoms. The standard InChI is InChI=1S/C16H28N.HI/c1-4-12-17(13-5-2,14-6-3)15-16-10-8-7-9-11-16;/h7-11H,4-6,12-15H2,1-3H3;1H/q+1;/p-1. The molecule has 0 saturated heterocycles. The molecule has 0 unspecified atom stereocenters. The Labute approximate surface area is 130 Å². The van der Waals surface area contributed by atoms with Gasteiger partial charge < -0.3 is 28.5 Å². The van der Waals surface area contributed by atoms with E-state index in [0.29, 0.717) is 0 Å². The van der Waals surface area contributed by atoms with Crippen LogP contribution in [-0.4, -0.2) is 24.1 Å². The second kappa shape index (κ2) is 9.79. The summed E-state index contributed by atoms with van der Waals surface area (Å²) in [6.07, 6.45) is 3.85. The van der Waals surface area contributed by atoms with Crippen molar-refractivity contribution in [3.63, 3.8) is 0 Å². The van der Waals surface area contributed by atoms with Crippen LogP contribution in [-0.2, 0) is 6.54 Å². The van der Waals surface area contributed by atoms with Gasteiger partial charge in [-0.15, -0.1) is 0 Å². The molecule has 1 nitrogen and oxygen atoms in total. The molecule has 2 heteroatoms. The summed E-state index contributed by atoms with van der Waals surface area (Å²) in [5.74, 6) is 0. The molecule has 0 radical (unpaired) electrons. The minimum absolute atomic E-state index is 0. The zero-order chi connectivity index (χ0) is 12.6. The van der Waals surface area contributed by atoms with E-state index in [-0.39, 0.29) is 24.0 Å². The first-order chi connectivity index (χ1) is 8.26. The van der Waals surface area contributed by atoms with Gasteiger partial charge in [0.05, 0.1) is 19.6 Å². The van der Waals surface area contributed by atoms with Gasteiger partial charge in [0.25, 0.3) is 0 Å². The van der Waals surface area contributed by atoms with E-state index in [0.717, 1.165) is 0 Å². The molecule has 1 aromatic rings.